The van der Waals surface area contributed by atoms with E-state index < -0.39 is 9.85 Å². The van der Waals surface area contributed by atoms with Crippen molar-refractivity contribution in [3.8, 4) is 43.7 Å². The Bertz CT molecular complexity index is 2880. The average molecular weight is 1070 g/mol. The van der Waals surface area contributed by atoms with Gasteiger partial charge in [-0.1, -0.05) is 154 Å². The fourth-order valence-electron chi connectivity index (χ4n) is 5.30. The highest BCUT2D eigenvalue weighted by Crippen LogP contribution is 2.35. The predicted octanol–water partition coefficient (Wildman–Crippen LogP) is 13.9. The summed E-state index contributed by atoms with van der Waals surface area (Å²) >= 11 is 28.9. The fraction of sp³-hybridized carbons (Fsp3) is 0.0638. The van der Waals surface area contributed by atoms with E-state index in [0.29, 0.717) is 26.3 Å². The Hall–Kier alpha value is -5.95. The van der Waals surface area contributed by atoms with Gasteiger partial charge in [-0.05, 0) is 37.3 Å². The number of nitrogens with zero attached hydrogens (tertiary/aromatic N) is 4. The number of nitro benzene ring substituents is 2. The van der Waals surface area contributed by atoms with Crippen molar-refractivity contribution in [2.24, 2.45) is 5.73 Å². The molecule has 0 amide bonds. The molecule has 0 aliphatic heterocycles. The van der Waals surface area contributed by atoms with Crippen LogP contribution in [0.25, 0.3) is 43.7 Å². The number of ketones is 1. The number of alkyl halides is 1. The van der Waals surface area contributed by atoms with Gasteiger partial charge in [-0.2, -0.15) is 0 Å². The number of anilines is 1. The van der Waals surface area contributed by atoms with Gasteiger partial charge in [0.25, 0.3) is 11.4 Å². The molecule has 0 aliphatic carbocycles. The van der Waals surface area contributed by atoms with Gasteiger partial charge in [-0.3, -0.25) is 25.0 Å². The van der Waals surface area contributed by atoms with Gasteiger partial charge in [0.1, 0.15) is 15.0 Å². The zero-order valence-corrected chi connectivity index (χ0v) is 40.9. The second kappa shape index (κ2) is 26.9. The molecule has 0 spiro atoms. The minimum absolute atomic E-state index is 0.0257. The Morgan fingerprint density at radius 2 is 1.09 bits per heavy atom. The van der Waals surface area contributed by atoms with E-state index >= 15 is 0 Å². The lowest BCUT2D eigenvalue weighted by atomic mass is 10.1. The van der Waals surface area contributed by atoms with Crippen molar-refractivity contribution < 1.29 is 19.7 Å². The van der Waals surface area contributed by atoms with E-state index in [9.17, 15) is 25.0 Å². The number of nitro groups is 2. The summed E-state index contributed by atoms with van der Waals surface area (Å²) in [5.74, 6) is -0.204. The molecule has 0 saturated carbocycles. The van der Waals surface area contributed by atoms with Crippen LogP contribution in [0.1, 0.15) is 22.8 Å². The topological polar surface area (TPSA) is 201 Å². The number of rotatable bonds is 9. The van der Waals surface area contributed by atoms with E-state index in [0.717, 1.165) is 49.7 Å². The molecule has 2 heterocycles. The quantitative estimate of drug-likeness (QED) is 0.0310. The summed E-state index contributed by atoms with van der Waals surface area (Å²) < 4.78 is 0. The standard InChI is InChI=1S/C15H9ClN2O2S.C15H11ClN2S.C8H5BrClNO3.C7H7NS.C2H6O/c16-13-8-11(18(19)20)6-7-12(13)14-9-21-15(17-14)10-4-2-1-3-5-10;16-13-8-11(17)6-7-12(13)14-9-19-15(18-14)10-4-2-1-3-5-10;9-4-8(12)6-2-1-5(11(13)14)3-7(6)10;8-7(9)6-4-2-1-3-5-6;1-2-3/h1-9H;1-9H,17H2;1-3H,4H2;1-5H,(H2,8,9);3H,2H2,1H3. The number of nitrogens with two attached hydrogens (primary N) is 2. The van der Waals surface area contributed by atoms with Crippen LogP contribution in [0.15, 0.2) is 156 Å². The SMILES string of the molecule is CCO.NC(=S)c1ccccc1.Nc1ccc(-c2csc(-c3ccccc3)n2)c(Cl)c1.O=C(CBr)c1ccc([N+](=O)[O-])cc1Cl.O=[N+]([O-])c1ccc(-c2csc(-c3ccccc3)n2)c(Cl)c1. The lowest BCUT2D eigenvalue weighted by Crippen LogP contribution is -2.08. The van der Waals surface area contributed by atoms with Crippen LogP contribution in [-0.2, 0) is 0 Å². The highest BCUT2D eigenvalue weighted by atomic mass is 79.9. The number of non-ortho nitro benzene ring substituents is 2. The van der Waals surface area contributed by atoms with Crippen molar-refractivity contribution >= 4 is 113 Å². The number of hydrogen-bond acceptors (Lipinski definition) is 12. The summed E-state index contributed by atoms with van der Waals surface area (Å²) in [4.78, 5) is 40.9. The average Bonchev–Trinajstić information content (AvgIpc) is 4.02. The third-order valence-corrected chi connectivity index (χ3v) is 11.9. The lowest BCUT2D eigenvalue weighted by molar-refractivity contribution is -0.385. The molecule has 5 N–H and O–H groups in total. The van der Waals surface area contributed by atoms with E-state index in [1.807, 2.05) is 114 Å². The molecular formula is C47H38BrCl3N6O6S3. The Morgan fingerprint density at radius 3 is 1.47 bits per heavy atom. The van der Waals surface area contributed by atoms with E-state index in [2.05, 4.69) is 25.9 Å². The maximum Gasteiger partial charge on any atom is 0.270 e. The molecule has 338 valence electrons. The first-order chi connectivity index (χ1) is 31.7. The van der Waals surface area contributed by atoms with Crippen LogP contribution in [0.2, 0.25) is 15.1 Å². The van der Waals surface area contributed by atoms with Crippen molar-refractivity contribution in [3.63, 3.8) is 0 Å². The predicted molar refractivity (Wildman–Crippen MR) is 278 cm³/mol. The third-order valence-electron chi connectivity index (χ3n) is 8.40. The minimum Gasteiger partial charge on any atom is -0.399 e. The summed E-state index contributed by atoms with van der Waals surface area (Å²) in [5, 5.41) is 35.6. The maximum absolute atomic E-state index is 11.2. The number of benzene rings is 6. The number of halogens is 4. The van der Waals surface area contributed by atoms with E-state index in [1.165, 1.54) is 35.6 Å². The van der Waals surface area contributed by atoms with Gasteiger partial charge in [0.05, 0.1) is 41.6 Å². The molecular weight excluding hydrogens is 1030 g/mol. The molecule has 0 radical (unpaired) electrons. The molecule has 0 atom stereocenters. The molecule has 8 rings (SSSR count). The molecule has 0 bridgehead atoms. The lowest BCUT2D eigenvalue weighted by Gasteiger charge is -2.01. The van der Waals surface area contributed by atoms with Crippen LogP contribution in [0.3, 0.4) is 0 Å². The Morgan fingerprint density at radius 1 is 0.682 bits per heavy atom. The highest BCUT2D eigenvalue weighted by molar-refractivity contribution is 9.09. The second-order valence-electron chi connectivity index (χ2n) is 13.0. The molecule has 0 aliphatic rings. The molecule has 2 aromatic heterocycles. The summed E-state index contributed by atoms with van der Waals surface area (Å²) in [6.07, 6.45) is 0. The smallest absolute Gasteiger partial charge is 0.270 e. The van der Waals surface area contributed by atoms with Gasteiger partial charge in [-0.25, -0.2) is 9.97 Å². The number of hydrogen-bond donors (Lipinski definition) is 3. The van der Waals surface area contributed by atoms with Gasteiger partial charge >= 0.3 is 0 Å². The van der Waals surface area contributed by atoms with E-state index in [1.54, 1.807) is 30.4 Å². The van der Waals surface area contributed by atoms with Gasteiger partial charge in [0, 0.05) is 80.7 Å². The Balaban J connectivity index is 0.000000196. The fourth-order valence-corrected chi connectivity index (χ4v) is 8.23. The van der Waals surface area contributed by atoms with Gasteiger partial charge < -0.3 is 16.6 Å². The number of carbonyl (C=O) groups is 1. The molecule has 8 aromatic rings. The monoisotopic (exact) mass is 1060 g/mol. The third kappa shape index (κ3) is 15.9. The van der Waals surface area contributed by atoms with Crippen LogP contribution in [0, 0.1) is 20.2 Å². The van der Waals surface area contributed by atoms with E-state index in [-0.39, 0.29) is 39.7 Å². The zero-order valence-electron chi connectivity index (χ0n) is 34.6. The number of thiocarbonyl (C=S) groups is 1. The molecule has 0 saturated heterocycles. The van der Waals surface area contributed by atoms with Crippen LogP contribution in [-0.4, -0.2) is 47.6 Å². The first-order valence-electron chi connectivity index (χ1n) is 19.2. The van der Waals surface area contributed by atoms with Crippen molar-refractivity contribution in [3.05, 3.63) is 203 Å². The molecule has 0 unspecified atom stereocenters. The highest BCUT2D eigenvalue weighted by Gasteiger charge is 2.15. The first-order valence-corrected chi connectivity index (χ1v) is 23.6. The largest absolute Gasteiger partial charge is 0.399 e. The Labute approximate surface area is 416 Å². The molecule has 6 aromatic carbocycles. The van der Waals surface area contributed by atoms with Gasteiger partial charge in [0.2, 0.25) is 0 Å². The first kappa shape index (κ1) is 52.7. The summed E-state index contributed by atoms with van der Waals surface area (Å²) in [5.41, 5.74) is 18.1. The number of carbonyl (C=O) groups excluding carboxylic acids is 1. The normalized spacial score (nSPS) is 9.97. The molecule has 12 nitrogen and oxygen atoms in total. The minimum atomic E-state index is -0.561. The van der Waals surface area contributed by atoms with Gasteiger partial charge in [0.15, 0.2) is 5.78 Å². The summed E-state index contributed by atoms with van der Waals surface area (Å²) in [6, 6.07) is 43.1. The van der Waals surface area contributed by atoms with Crippen LogP contribution < -0.4 is 11.5 Å². The molecule has 0 fully saturated rings. The van der Waals surface area contributed by atoms with Crippen LogP contribution in [0.5, 0.6) is 0 Å². The number of thiazole rings is 2. The van der Waals surface area contributed by atoms with Gasteiger partial charge in [-0.15, -0.1) is 22.7 Å². The number of aromatic nitrogens is 2. The number of aliphatic hydroxyl groups excluding tert-OH is 1. The second-order valence-corrected chi connectivity index (χ2v) is 16.9. The van der Waals surface area contributed by atoms with Crippen molar-refractivity contribution in [2.45, 2.75) is 6.92 Å². The maximum atomic E-state index is 11.2. The zero-order chi connectivity index (χ0) is 48.2. The van der Waals surface area contributed by atoms with Crippen molar-refractivity contribution in [1.82, 2.24) is 9.97 Å². The van der Waals surface area contributed by atoms with Crippen molar-refractivity contribution in [2.75, 3.05) is 17.7 Å². The number of Topliss-reactive ketones (excluding diaryl/α,β-unsaturated/α-hetero) is 1. The number of aliphatic hydroxyl groups is 1. The van der Waals surface area contributed by atoms with Crippen molar-refractivity contribution in [1.29, 1.82) is 0 Å². The van der Waals surface area contributed by atoms with Crippen LogP contribution in [0.4, 0.5) is 17.1 Å². The number of nitrogen functional groups attached to an aromatic ring is 1. The van der Waals surface area contributed by atoms with Crippen LogP contribution >= 0.6 is 85.6 Å². The Kier molecular flexibility index (Phi) is 21.4. The summed E-state index contributed by atoms with van der Waals surface area (Å²) in [6.45, 7) is 1.93. The molecule has 19 heteroatoms. The van der Waals surface area contributed by atoms with E-state index in [4.69, 9.17) is 63.6 Å². The summed E-state index contributed by atoms with van der Waals surface area (Å²) in [7, 11) is 0. The molecule has 66 heavy (non-hydrogen) atoms.